The molecule has 3 aliphatic rings. The van der Waals surface area contributed by atoms with E-state index >= 15 is 0 Å². The Kier molecular flexibility index (Phi) is 6.55. The average molecular weight is 387 g/mol. The van der Waals surface area contributed by atoms with E-state index in [2.05, 4.69) is 6.92 Å². The maximum absolute atomic E-state index is 13.0. The van der Waals surface area contributed by atoms with E-state index < -0.39 is 5.54 Å². The van der Waals surface area contributed by atoms with Crippen LogP contribution in [-0.2, 0) is 9.59 Å². The molecule has 0 bridgehead atoms. The van der Waals surface area contributed by atoms with Crippen LogP contribution in [0.3, 0.4) is 0 Å². The molecule has 26 heavy (non-hydrogen) atoms. The smallest absolute Gasteiger partial charge is 0.327 e. The molecule has 2 atom stereocenters. The molecule has 2 unspecified atom stereocenters. The number of hydrogen-bond acceptors (Lipinski definition) is 4. The van der Waals surface area contributed by atoms with Gasteiger partial charge in [-0.05, 0) is 31.6 Å². The predicted octanol–water partition coefficient (Wildman–Crippen LogP) is 1.59. The fraction of sp³-hybridized carbons (Fsp3) is 0.833. The summed E-state index contributed by atoms with van der Waals surface area (Å²) in [6, 6.07) is -0.333. The van der Waals surface area contributed by atoms with Crippen LogP contribution in [0.25, 0.3) is 0 Å². The second-order valence-electron chi connectivity index (χ2n) is 7.93. The summed E-state index contributed by atoms with van der Waals surface area (Å²) in [5.74, 6) is 0.192. The summed E-state index contributed by atoms with van der Waals surface area (Å²) in [6.45, 7) is 3.08. The largest absolute Gasteiger partial charge is 0.337 e. The van der Waals surface area contributed by atoms with E-state index in [0.717, 1.165) is 32.1 Å². The molecule has 0 aromatic rings. The van der Waals surface area contributed by atoms with Crippen molar-refractivity contribution in [2.45, 2.75) is 63.5 Å². The molecule has 4 amide bonds. The van der Waals surface area contributed by atoms with Gasteiger partial charge in [0, 0.05) is 26.2 Å². The summed E-state index contributed by atoms with van der Waals surface area (Å²) in [5, 5.41) is 0. The van der Waals surface area contributed by atoms with Gasteiger partial charge in [0.1, 0.15) is 12.1 Å². The lowest BCUT2D eigenvalue weighted by Crippen LogP contribution is -2.53. The molecule has 7 nitrogen and oxygen atoms in total. The summed E-state index contributed by atoms with van der Waals surface area (Å²) >= 11 is 0. The Morgan fingerprint density at radius 3 is 2.50 bits per heavy atom. The Balaban J connectivity index is 0.00000243. The van der Waals surface area contributed by atoms with Crippen molar-refractivity contribution >= 4 is 30.3 Å². The highest BCUT2D eigenvalue weighted by molar-refractivity contribution is 6.09. The summed E-state index contributed by atoms with van der Waals surface area (Å²) in [6.07, 6.45) is 6.22. The van der Waals surface area contributed by atoms with E-state index in [1.165, 1.54) is 4.90 Å². The monoisotopic (exact) mass is 386 g/mol. The number of nitrogens with zero attached hydrogens (tertiary/aromatic N) is 3. The van der Waals surface area contributed by atoms with Crippen molar-refractivity contribution in [3.8, 4) is 0 Å². The number of piperidine rings is 1. The van der Waals surface area contributed by atoms with E-state index in [0.29, 0.717) is 31.8 Å². The zero-order valence-corrected chi connectivity index (χ0v) is 16.6. The van der Waals surface area contributed by atoms with Crippen LogP contribution in [0.4, 0.5) is 4.79 Å². The molecule has 3 fully saturated rings. The summed E-state index contributed by atoms with van der Waals surface area (Å²) in [4.78, 5) is 42.9. The predicted molar refractivity (Wildman–Crippen MR) is 101 cm³/mol. The number of likely N-dealkylation sites (tertiary alicyclic amines) is 1. The molecule has 2 heterocycles. The number of carbonyl (C=O) groups excluding carboxylic acids is 3. The first-order valence-electron chi connectivity index (χ1n) is 9.50. The minimum atomic E-state index is -0.723. The molecular formula is C18H31ClN4O3. The maximum atomic E-state index is 13.0. The molecule has 0 radical (unpaired) electrons. The van der Waals surface area contributed by atoms with Crippen molar-refractivity contribution in [3.05, 3.63) is 0 Å². The number of carbonyl (C=O) groups is 3. The van der Waals surface area contributed by atoms with Gasteiger partial charge in [0.2, 0.25) is 5.91 Å². The van der Waals surface area contributed by atoms with Crippen LogP contribution >= 0.6 is 12.4 Å². The van der Waals surface area contributed by atoms with Crippen LogP contribution in [0.2, 0.25) is 0 Å². The maximum Gasteiger partial charge on any atom is 0.327 e. The van der Waals surface area contributed by atoms with Gasteiger partial charge >= 0.3 is 6.03 Å². The quantitative estimate of drug-likeness (QED) is 0.746. The molecule has 1 saturated carbocycles. The SMILES string of the molecule is CC1CCN(C(=O)CN2C(=O)N(C)C3(CCCCC3)C2=O)C(CN)C1.Cl. The van der Waals surface area contributed by atoms with Crippen molar-refractivity contribution in [2.24, 2.45) is 11.7 Å². The van der Waals surface area contributed by atoms with Crippen LogP contribution in [0.5, 0.6) is 0 Å². The van der Waals surface area contributed by atoms with E-state index in [9.17, 15) is 14.4 Å². The Morgan fingerprint density at radius 2 is 1.88 bits per heavy atom. The number of halogens is 1. The fourth-order valence-electron chi connectivity index (χ4n) is 4.70. The Hall–Kier alpha value is -1.34. The van der Waals surface area contributed by atoms with Gasteiger partial charge in [0.25, 0.3) is 5.91 Å². The van der Waals surface area contributed by atoms with Gasteiger partial charge in [-0.25, -0.2) is 4.79 Å². The van der Waals surface area contributed by atoms with Gasteiger partial charge in [-0.1, -0.05) is 26.2 Å². The van der Waals surface area contributed by atoms with Gasteiger partial charge in [0.05, 0.1) is 0 Å². The highest BCUT2D eigenvalue weighted by Gasteiger charge is 2.56. The van der Waals surface area contributed by atoms with Crippen molar-refractivity contribution in [1.29, 1.82) is 0 Å². The minimum absolute atomic E-state index is 0. The number of urea groups is 1. The van der Waals surface area contributed by atoms with E-state index in [1.54, 1.807) is 16.8 Å². The van der Waals surface area contributed by atoms with E-state index in [1.807, 2.05) is 0 Å². The number of hydrogen-bond donors (Lipinski definition) is 1. The van der Waals surface area contributed by atoms with Crippen molar-refractivity contribution in [2.75, 3.05) is 26.7 Å². The summed E-state index contributed by atoms with van der Waals surface area (Å²) < 4.78 is 0. The lowest BCUT2D eigenvalue weighted by molar-refractivity contribution is -0.142. The minimum Gasteiger partial charge on any atom is -0.337 e. The number of imide groups is 1. The Morgan fingerprint density at radius 1 is 1.23 bits per heavy atom. The van der Waals surface area contributed by atoms with Crippen molar-refractivity contribution in [1.82, 2.24) is 14.7 Å². The van der Waals surface area contributed by atoms with Crippen LogP contribution in [0.1, 0.15) is 51.9 Å². The number of nitrogens with two attached hydrogens (primary N) is 1. The highest BCUT2D eigenvalue weighted by Crippen LogP contribution is 2.39. The molecular weight excluding hydrogens is 356 g/mol. The topological polar surface area (TPSA) is 87.0 Å². The first-order valence-corrected chi connectivity index (χ1v) is 9.50. The molecule has 2 N–H and O–H groups in total. The summed E-state index contributed by atoms with van der Waals surface area (Å²) in [7, 11) is 1.70. The third-order valence-corrected chi connectivity index (χ3v) is 6.35. The number of rotatable bonds is 3. The molecule has 0 aromatic carbocycles. The summed E-state index contributed by atoms with van der Waals surface area (Å²) in [5.41, 5.74) is 5.12. The zero-order chi connectivity index (χ0) is 18.2. The van der Waals surface area contributed by atoms with Crippen molar-refractivity contribution in [3.63, 3.8) is 0 Å². The van der Waals surface area contributed by atoms with Gasteiger partial charge < -0.3 is 15.5 Å². The third kappa shape index (κ3) is 3.43. The lowest BCUT2D eigenvalue weighted by atomic mass is 9.81. The first kappa shape index (κ1) is 21.0. The normalized spacial score (nSPS) is 28.5. The number of likely N-dealkylation sites (N-methyl/N-ethyl adjacent to an activating group) is 1. The Bertz CT molecular complexity index is 565. The van der Waals surface area contributed by atoms with Gasteiger partial charge in [-0.15, -0.1) is 12.4 Å². The van der Waals surface area contributed by atoms with Crippen LogP contribution < -0.4 is 5.73 Å². The lowest BCUT2D eigenvalue weighted by Gasteiger charge is -2.38. The number of amides is 4. The molecule has 2 aliphatic heterocycles. The molecule has 1 spiro atoms. The standard InChI is InChI=1S/C18H30N4O3.ClH/c1-13-6-9-21(14(10-13)11-19)15(23)12-22-16(24)18(20(2)17(22)25)7-4-3-5-8-18;/h13-14H,3-12,19H2,1-2H3;1H. The Labute approximate surface area is 161 Å². The third-order valence-electron chi connectivity index (χ3n) is 6.35. The van der Waals surface area contributed by atoms with E-state index in [4.69, 9.17) is 5.73 Å². The zero-order valence-electron chi connectivity index (χ0n) is 15.8. The van der Waals surface area contributed by atoms with Crippen LogP contribution in [0, 0.1) is 5.92 Å². The van der Waals surface area contributed by atoms with E-state index in [-0.39, 0.29) is 42.8 Å². The molecule has 0 aromatic heterocycles. The average Bonchev–Trinajstić information content (AvgIpc) is 2.78. The van der Waals surface area contributed by atoms with Crippen LogP contribution in [0.15, 0.2) is 0 Å². The molecule has 3 rings (SSSR count). The van der Waals surface area contributed by atoms with Gasteiger partial charge in [-0.3, -0.25) is 14.5 Å². The first-order chi connectivity index (χ1) is 11.9. The second kappa shape index (κ2) is 8.13. The molecule has 2 saturated heterocycles. The van der Waals surface area contributed by atoms with Gasteiger partial charge in [0.15, 0.2) is 0 Å². The highest BCUT2D eigenvalue weighted by atomic mass is 35.5. The molecule has 1 aliphatic carbocycles. The molecule has 148 valence electrons. The van der Waals surface area contributed by atoms with Gasteiger partial charge in [-0.2, -0.15) is 0 Å². The van der Waals surface area contributed by atoms with Crippen molar-refractivity contribution < 1.29 is 14.4 Å². The fourth-order valence-corrected chi connectivity index (χ4v) is 4.70. The van der Waals surface area contributed by atoms with Crippen LogP contribution in [-0.4, -0.2) is 70.8 Å². The molecule has 8 heteroatoms. The second-order valence-corrected chi connectivity index (χ2v) is 7.93.